The van der Waals surface area contributed by atoms with Gasteiger partial charge in [0.1, 0.15) is 11.5 Å². The van der Waals surface area contributed by atoms with Gasteiger partial charge in [-0.15, -0.1) is 0 Å². The van der Waals surface area contributed by atoms with Crippen LogP contribution in [0.3, 0.4) is 0 Å². The van der Waals surface area contributed by atoms with Gasteiger partial charge in [0.05, 0.1) is 26.9 Å². The van der Waals surface area contributed by atoms with Crippen LogP contribution in [0.5, 0.6) is 11.5 Å². The molecule has 0 heterocycles. The van der Waals surface area contributed by atoms with Crippen LogP contribution in [-0.4, -0.2) is 32.5 Å². The summed E-state index contributed by atoms with van der Waals surface area (Å²) in [6.07, 6.45) is -0.195. The van der Waals surface area contributed by atoms with Crippen LogP contribution in [0.25, 0.3) is 0 Å². The highest BCUT2D eigenvalue weighted by molar-refractivity contribution is 5.40. The third-order valence-corrected chi connectivity index (χ3v) is 2.38. The summed E-state index contributed by atoms with van der Waals surface area (Å²) in [4.78, 5) is 0. The molecule has 0 fully saturated rings. The van der Waals surface area contributed by atoms with Crippen LogP contribution in [0, 0.1) is 11.3 Å². The van der Waals surface area contributed by atoms with Crippen LogP contribution in [0.4, 0.5) is 0 Å². The molecule has 0 radical (unpaired) electrons. The summed E-state index contributed by atoms with van der Waals surface area (Å²) >= 11 is 0. The van der Waals surface area contributed by atoms with Gasteiger partial charge in [-0.05, 0) is 18.6 Å². The molecule has 0 spiro atoms. The zero-order valence-electron chi connectivity index (χ0n) is 10.5. The van der Waals surface area contributed by atoms with Gasteiger partial charge in [0.15, 0.2) is 6.10 Å². The first kappa shape index (κ1) is 14.3. The molecule has 1 atom stereocenters. The monoisotopic (exact) mass is 251 g/mol. The third kappa shape index (κ3) is 3.91. The lowest BCUT2D eigenvalue weighted by Crippen LogP contribution is -2.05. The Kier molecular flexibility index (Phi) is 5.98. The van der Waals surface area contributed by atoms with Crippen molar-refractivity contribution in [2.24, 2.45) is 0 Å². The highest BCUT2D eigenvalue weighted by atomic mass is 16.5. The molecule has 1 rings (SSSR count). The van der Waals surface area contributed by atoms with Gasteiger partial charge in [-0.2, -0.15) is 5.26 Å². The van der Waals surface area contributed by atoms with Crippen molar-refractivity contribution in [3.63, 3.8) is 0 Å². The van der Waals surface area contributed by atoms with Crippen molar-refractivity contribution in [2.75, 3.05) is 27.4 Å². The van der Waals surface area contributed by atoms with Gasteiger partial charge in [-0.3, -0.25) is 0 Å². The SMILES string of the molecule is COc1cc(OC)cc(C(C#N)OCCCO)c1. The molecule has 1 N–H and O–H groups in total. The molecule has 0 saturated heterocycles. The van der Waals surface area contributed by atoms with E-state index < -0.39 is 6.10 Å². The summed E-state index contributed by atoms with van der Waals surface area (Å²) in [5, 5.41) is 17.8. The molecule has 1 aromatic rings. The number of methoxy groups -OCH3 is 2. The fraction of sp³-hybridized carbons (Fsp3) is 0.462. The second-order valence-electron chi connectivity index (χ2n) is 3.60. The standard InChI is InChI=1S/C13H17NO4/c1-16-11-6-10(7-12(8-11)17-2)13(9-14)18-5-3-4-15/h6-8,13,15H,3-5H2,1-2H3. The van der Waals surface area contributed by atoms with Crippen LogP contribution in [-0.2, 0) is 4.74 Å². The normalized spacial score (nSPS) is 11.7. The second kappa shape index (κ2) is 7.54. The number of nitriles is 1. The first-order chi connectivity index (χ1) is 8.74. The molecule has 18 heavy (non-hydrogen) atoms. The summed E-state index contributed by atoms with van der Waals surface area (Å²) in [6, 6.07) is 7.26. The largest absolute Gasteiger partial charge is 0.497 e. The predicted molar refractivity (Wildman–Crippen MR) is 65.6 cm³/mol. The highest BCUT2D eigenvalue weighted by Crippen LogP contribution is 2.27. The Balaban J connectivity index is 2.87. The summed E-state index contributed by atoms with van der Waals surface area (Å²) in [5.41, 5.74) is 0.673. The molecule has 0 aliphatic rings. The van der Waals surface area contributed by atoms with Gasteiger partial charge in [0, 0.05) is 18.2 Å². The van der Waals surface area contributed by atoms with Gasteiger partial charge in [0.2, 0.25) is 0 Å². The van der Waals surface area contributed by atoms with E-state index in [9.17, 15) is 0 Å². The maximum Gasteiger partial charge on any atom is 0.169 e. The molecule has 0 bridgehead atoms. The zero-order chi connectivity index (χ0) is 13.4. The van der Waals surface area contributed by atoms with Crippen molar-refractivity contribution >= 4 is 0 Å². The Bertz CT molecular complexity index is 392. The van der Waals surface area contributed by atoms with Crippen LogP contribution in [0.15, 0.2) is 18.2 Å². The fourth-order valence-electron chi connectivity index (χ4n) is 1.45. The maximum absolute atomic E-state index is 9.09. The molecule has 1 unspecified atom stereocenters. The minimum atomic E-state index is -0.694. The molecule has 98 valence electrons. The van der Waals surface area contributed by atoms with E-state index in [0.29, 0.717) is 30.1 Å². The summed E-state index contributed by atoms with van der Waals surface area (Å²) in [6.45, 7) is 0.369. The summed E-state index contributed by atoms with van der Waals surface area (Å²) in [5.74, 6) is 1.21. The molecular formula is C13H17NO4. The predicted octanol–water partition coefficient (Wildman–Crippen LogP) is 1.67. The van der Waals surface area contributed by atoms with E-state index in [0.717, 1.165) is 0 Å². The van der Waals surface area contributed by atoms with Gasteiger partial charge < -0.3 is 19.3 Å². The Morgan fingerprint density at radius 1 is 1.22 bits per heavy atom. The molecule has 0 aliphatic carbocycles. The molecule has 0 saturated carbocycles. The van der Waals surface area contributed by atoms with Gasteiger partial charge in [-0.1, -0.05) is 0 Å². The van der Waals surface area contributed by atoms with E-state index in [2.05, 4.69) is 6.07 Å². The van der Waals surface area contributed by atoms with Crippen molar-refractivity contribution in [3.05, 3.63) is 23.8 Å². The Morgan fingerprint density at radius 3 is 2.28 bits per heavy atom. The van der Waals surface area contributed by atoms with Gasteiger partial charge >= 0.3 is 0 Å². The van der Waals surface area contributed by atoms with Crippen molar-refractivity contribution < 1.29 is 19.3 Å². The lowest BCUT2D eigenvalue weighted by atomic mass is 10.1. The van der Waals surface area contributed by atoms with E-state index in [1.807, 2.05) is 0 Å². The number of nitrogens with zero attached hydrogens (tertiary/aromatic N) is 1. The lowest BCUT2D eigenvalue weighted by Gasteiger charge is -2.13. The maximum atomic E-state index is 9.09. The first-order valence-electron chi connectivity index (χ1n) is 5.60. The quantitative estimate of drug-likeness (QED) is 0.746. The molecule has 1 aromatic carbocycles. The van der Waals surface area contributed by atoms with Crippen LogP contribution in [0.1, 0.15) is 18.1 Å². The Hall–Kier alpha value is -1.77. The van der Waals surface area contributed by atoms with Crippen LogP contribution >= 0.6 is 0 Å². The van der Waals surface area contributed by atoms with E-state index >= 15 is 0 Å². The molecule has 5 heteroatoms. The average molecular weight is 251 g/mol. The Labute approximate surface area is 107 Å². The van der Waals surface area contributed by atoms with Crippen LogP contribution < -0.4 is 9.47 Å². The number of hydrogen-bond acceptors (Lipinski definition) is 5. The number of aliphatic hydroxyl groups excluding tert-OH is 1. The van der Waals surface area contributed by atoms with E-state index in [-0.39, 0.29) is 6.61 Å². The number of hydrogen-bond donors (Lipinski definition) is 1. The van der Waals surface area contributed by atoms with Crippen molar-refractivity contribution in [1.82, 2.24) is 0 Å². The average Bonchev–Trinajstić information content (AvgIpc) is 2.43. The lowest BCUT2D eigenvalue weighted by molar-refractivity contribution is 0.0771. The van der Waals surface area contributed by atoms with E-state index in [1.54, 1.807) is 32.4 Å². The Morgan fingerprint density at radius 2 is 1.83 bits per heavy atom. The smallest absolute Gasteiger partial charge is 0.169 e. The zero-order valence-corrected chi connectivity index (χ0v) is 10.5. The van der Waals surface area contributed by atoms with E-state index in [1.165, 1.54) is 0 Å². The highest BCUT2D eigenvalue weighted by Gasteiger charge is 2.13. The molecule has 0 aromatic heterocycles. The fourth-order valence-corrected chi connectivity index (χ4v) is 1.45. The van der Waals surface area contributed by atoms with Gasteiger partial charge in [-0.25, -0.2) is 0 Å². The third-order valence-electron chi connectivity index (χ3n) is 2.38. The minimum absolute atomic E-state index is 0.0413. The first-order valence-corrected chi connectivity index (χ1v) is 5.60. The molecule has 5 nitrogen and oxygen atoms in total. The van der Waals surface area contributed by atoms with Crippen LogP contribution in [0.2, 0.25) is 0 Å². The van der Waals surface area contributed by atoms with Crippen molar-refractivity contribution in [1.29, 1.82) is 5.26 Å². The number of ether oxygens (including phenoxy) is 3. The number of benzene rings is 1. The minimum Gasteiger partial charge on any atom is -0.497 e. The topological polar surface area (TPSA) is 71.7 Å². The number of rotatable bonds is 7. The summed E-state index contributed by atoms with van der Waals surface area (Å²) in [7, 11) is 3.10. The molecular weight excluding hydrogens is 234 g/mol. The number of aliphatic hydroxyl groups is 1. The second-order valence-corrected chi connectivity index (χ2v) is 3.60. The van der Waals surface area contributed by atoms with Crippen molar-refractivity contribution in [2.45, 2.75) is 12.5 Å². The van der Waals surface area contributed by atoms with Crippen molar-refractivity contribution in [3.8, 4) is 17.6 Å². The van der Waals surface area contributed by atoms with Gasteiger partial charge in [0.25, 0.3) is 0 Å². The molecule has 0 amide bonds. The van der Waals surface area contributed by atoms with E-state index in [4.69, 9.17) is 24.6 Å². The summed E-state index contributed by atoms with van der Waals surface area (Å²) < 4.78 is 15.6. The molecule has 0 aliphatic heterocycles.